The number of anilines is 1. The second kappa shape index (κ2) is 12.4. The van der Waals surface area contributed by atoms with Gasteiger partial charge in [0.1, 0.15) is 6.54 Å². The maximum atomic E-state index is 13.5. The summed E-state index contributed by atoms with van der Waals surface area (Å²) in [6.45, 7) is 2.82. The van der Waals surface area contributed by atoms with E-state index in [0.29, 0.717) is 41.1 Å². The van der Waals surface area contributed by atoms with Gasteiger partial charge in [-0.05, 0) is 60.7 Å². The van der Waals surface area contributed by atoms with E-state index in [2.05, 4.69) is 23.5 Å². The molecule has 0 spiro atoms. The zero-order chi connectivity index (χ0) is 28.9. The molecule has 4 aromatic rings. The zero-order valence-corrected chi connectivity index (χ0v) is 23.6. The fourth-order valence-corrected chi connectivity index (χ4v) is 5.41. The molecule has 0 radical (unpaired) electrons. The van der Waals surface area contributed by atoms with Gasteiger partial charge in [0, 0.05) is 26.1 Å². The normalized spacial score (nSPS) is 13.2. The van der Waals surface area contributed by atoms with E-state index in [-0.39, 0.29) is 25.4 Å². The number of hydrogen-bond acceptors (Lipinski definition) is 4. The molecule has 2 amide bonds. The first kappa shape index (κ1) is 28.1. The topological polar surface area (TPSA) is 93.4 Å². The van der Waals surface area contributed by atoms with Gasteiger partial charge in [-0.2, -0.15) is 0 Å². The van der Waals surface area contributed by atoms with Crippen LogP contribution in [0.1, 0.15) is 30.4 Å². The minimum Gasteiger partial charge on any atom is -0.339 e. The van der Waals surface area contributed by atoms with E-state index in [1.807, 2.05) is 31.2 Å². The smallest absolute Gasteiger partial charge is 0.331 e. The molecule has 0 saturated heterocycles. The average molecular weight is 571 g/mol. The van der Waals surface area contributed by atoms with Crippen LogP contribution in [0.25, 0.3) is 16.5 Å². The second-order valence-electron chi connectivity index (χ2n) is 10.2. The van der Waals surface area contributed by atoms with E-state index < -0.39 is 17.2 Å². The van der Waals surface area contributed by atoms with Crippen molar-refractivity contribution in [3.8, 4) is 0 Å². The highest BCUT2D eigenvalue weighted by Crippen LogP contribution is 2.23. The molecule has 5 rings (SSSR count). The number of hydrogen-bond donors (Lipinski definition) is 1. The maximum Gasteiger partial charge on any atom is 0.331 e. The van der Waals surface area contributed by atoms with Crippen molar-refractivity contribution >= 4 is 45.6 Å². The van der Waals surface area contributed by atoms with Gasteiger partial charge < -0.3 is 10.2 Å². The molecule has 0 aliphatic carbocycles. The Balaban J connectivity index is 1.29. The lowest BCUT2D eigenvalue weighted by atomic mass is 9.99. The number of rotatable bonds is 8. The van der Waals surface area contributed by atoms with Crippen LogP contribution < -0.4 is 16.6 Å². The summed E-state index contributed by atoms with van der Waals surface area (Å²) in [6.07, 6.45) is 3.39. The van der Waals surface area contributed by atoms with Crippen molar-refractivity contribution < 1.29 is 9.59 Å². The zero-order valence-electron chi connectivity index (χ0n) is 22.8. The minimum absolute atomic E-state index is 0.0168. The molecular weight excluding hydrogens is 540 g/mol. The predicted octanol–water partition coefficient (Wildman–Crippen LogP) is 4.86. The van der Waals surface area contributed by atoms with Crippen LogP contribution in [0.15, 0.2) is 88.5 Å². The van der Waals surface area contributed by atoms with E-state index in [1.165, 1.54) is 15.7 Å². The number of benzene rings is 3. The van der Waals surface area contributed by atoms with Gasteiger partial charge in [0.15, 0.2) is 0 Å². The summed E-state index contributed by atoms with van der Waals surface area (Å²) in [5.41, 5.74) is 3.12. The summed E-state index contributed by atoms with van der Waals surface area (Å²) in [5.74, 6) is -0.465. The van der Waals surface area contributed by atoms with Gasteiger partial charge in [-0.15, -0.1) is 0 Å². The molecule has 210 valence electrons. The van der Waals surface area contributed by atoms with Crippen molar-refractivity contribution in [3.05, 3.63) is 116 Å². The van der Waals surface area contributed by atoms with Crippen LogP contribution in [-0.4, -0.2) is 38.9 Å². The molecule has 1 N–H and O–H groups in total. The first-order valence-electron chi connectivity index (χ1n) is 13.6. The Morgan fingerprint density at radius 1 is 0.951 bits per heavy atom. The number of halogens is 1. The van der Waals surface area contributed by atoms with Crippen molar-refractivity contribution in [2.24, 2.45) is 0 Å². The molecule has 0 bridgehead atoms. The first-order chi connectivity index (χ1) is 19.8. The Hall–Kier alpha value is -4.43. The van der Waals surface area contributed by atoms with Gasteiger partial charge >= 0.3 is 5.69 Å². The van der Waals surface area contributed by atoms with Gasteiger partial charge in [-0.25, -0.2) is 4.79 Å². The van der Waals surface area contributed by atoms with Gasteiger partial charge in [-0.1, -0.05) is 66.2 Å². The summed E-state index contributed by atoms with van der Waals surface area (Å²) in [7, 11) is 0. The Labute approximate surface area is 242 Å². The van der Waals surface area contributed by atoms with Crippen LogP contribution in [-0.2, 0) is 22.7 Å². The lowest BCUT2D eigenvalue weighted by Gasteiger charge is -2.27. The predicted molar refractivity (Wildman–Crippen MR) is 162 cm³/mol. The molecule has 3 aromatic carbocycles. The second-order valence-corrected chi connectivity index (χ2v) is 10.6. The van der Waals surface area contributed by atoms with Crippen molar-refractivity contribution in [3.63, 3.8) is 0 Å². The first-order valence-corrected chi connectivity index (χ1v) is 14.0. The van der Waals surface area contributed by atoms with Gasteiger partial charge in [0.05, 0.1) is 21.6 Å². The number of aromatic nitrogens is 2. The highest BCUT2D eigenvalue weighted by Gasteiger charge is 2.19. The third-order valence-electron chi connectivity index (χ3n) is 7.31. The van der Waals surface area contributed by atoms with Gasteiger partial charge in [0.25, 0.3) is 5.56 Å². The number of para-hydroxylation sites is 1. The number of carbonyl (C=O) groups is 2. The van der Waals surface area contributed by atoms with Crippen molar-refractivity contribution in [1.29, 1.82) is 0 Å². The number of amides is 2. The fourth-order valence-electron chi connectivity index (χ4n) is 5.13. The Morgan fingerprint density at radius 2 is 1.71 bits per heavy atom. The lowest BCUT2D eigenvalue weighted by Crippen LogP contribution is -2.42. The van der Waals surface area contributed by atoms with Crippen LogP contribution in [0.3, 0.4) is 0 Å². The number of carbonyl (C=O) groups excluding carboxylic acids is 2. The van der Waals surface area contributed by atoms with Crippen LogP contribution >= 0.6 is 11.6 Å². The molecule has 0 atom stereocenters. The van der Waals surface area contributed by atoms with Gasteiger partial charge in [0.2, 0.25) is 11.8 Å². The van der Waals surface area contributed by atoms with Crippen molar-refractivity contribution in [2.45, 2.75) is 39.3 Å². The molecule has 1 aliphatic rings. The Morgan fingerprint density at radius 3 is 2.44 bits per heavy atom. The Bertz CT molecular complexity index is 1760. The number of nitrogens with zero attached hydrogens (tertiary/aromatic N) is 3. The van der Waals surface area contributed by atoms with E-state index in [0.717, 1.165) is 16.6 Å². The number of nitrogens with one attached hydrogen (secondary N) is 1. The standard InChI is InChI=1S/C32H31ClN4O4/c1-22-13-14-27(26(33)20-22)34-29(38)21-37-28-11-6-5-10-25(28)31(40)36(32(37)41)17-7-12-30(39)35-18-15-24(16-19-35)23-8-3-2-4-9-23/h2-6,8-11,13-15,20H,7,12,16-19,21H2,1H3,(H,34,38). The average Bonchev–Trinajstić information content (AvgIpc) is 2.99. The van der Waals surface area contributed by atoms with Crippen LogP contribution in [0.4, 0.5) is 5.69 Å². The summed E-state index contributed by atoms with van der Waals surface area (Å²) in [6, 6.07) is 22.1. The summed E-state index contributed by atoms with van der Waals surface area (Å²) in [5, 5.41) is 3.47. The number of aryl methyl sites for hydroxylation is 1. The molecule has 0 unspecified atom stereocenters. The number of fused-ring (bicyclic) bond motifs is 1. The SMILES string of the molecule is Cc1ccc(NC(=O)Cn2c(=O)n(CCCC(=O)N3CC=C(c4ccccc4)CC3)c(=O)c3ccccc32)c(Cl)c1. The monoisotopic (exact) mass is 570 g/mol. The van der Waals surface area contributed by atoms with Crippen molar-refractivity contribution in [2.75, 3.05) is 18.4 Å². The molecular formula is C32H31ClN4O4. The molecule has 8 nitrogen and oxygen atoms in total. The van der Waals surface area contributed by atoms with E-state index in [9.17, 15) is 19.2 Å². The van der Waals surface area contributed by atoms with Gasteiger partial charge in [-0.3, -0.25) is 23.5 Å². The molecule has 2 heterocycles. The molecule has 9 heteroatoms. The molecule has 41 heavy (non-hydrogen) atoms. The van der Waals surface area contributed by atoms with E-state index >= 15 is 0 Å². The molecule has 1 aromatic heterocycles. The third kappa shape index (κ3) is 6.33. The summed E-state index contributed by atoms with van der Waals surface area (Å²) in [4.78, 5) is 54.3. The van der Waals surface area contributed by atoms with Crippen LogP contribution in [0.5, 0.6) is 0 Å². The van der Waals surface area contributed by atoms with Crippen molar-refractivity contribution in [1.82, 2.24) is 14.0 Å². The molecule has 0 saturated carbocycles. The van der Waals surface area contributed by atoms with Crippen LogP contribution in [0.2, 0.25) is 5.02 Å². The lowest BCUT2D eigenvalue weighted by molar-refractivity contribution is -0.130. The van der Waals surface area contributed by atoms with Crippen LogP contribution in [0, 0.1) is 6.92 Å². The molecule has 0 fully saturated rings. The fraction of sp³-hybridized carbons (Fsp3) is 0.250. The van der Waals surface area contributed by atoms with E-state index in [4.69, 9.17) is 11.6 Å². The quantitative estimate of drug-likeness (QED) is 0.327. The summed E-state index contributed by atoms with van der Waals surface area (Å²) < 4.78 is 2.40. The highest BCUT2D eigenvalue weighted by atomic mass is 35.5. The van der Waals surface area contributed by atoms with E-state index in [1.54, 1.807) is 41.3 Å². The maximum absolute atomic E-state index is 13.5. The largest absolute Gasteiger partial charge is 0.339 e. The Kier molecular flexibility index (Phi) is 8.50. The minimum atomic E-state index is -0.597. The summed E-state index contributed by atoms with van der Waals surface area (Å²) >= 11 is 6.26. The molecule has 1 aliphatic heterocycles. The third-order valence-corrected chi connectivity index (χ3v) is 7.62. The highest BCUT2D eigenvalue weighted by molar-refractivity contribution is 6.33.